The van der Waals surface area contributed by atoms with Crippen molar-refractivity contribution in [3.8, 4) is 0 Å². The van der Waals surface area contributed by atoms with Crippen molar-refractivity contribution >= 4 is 46.9 Å². The fourth-order valence-electron chi connectivity index (χ4n) is 2.68. The van der Waals surface area contributed by atoms with Gasteiger partial charge in [-0.1, -0.05) is 0 Å². The zero-order valence-electron chi connectivity index (χ0n) is 17.7. The molecular formula is C20H23F5N6OS2. The van der Waals surface area contributed by atoms with Crippen LogP contribution in [-0.4, -0.2) is 36.6 Å². The van der Waals surface area contributed by atoms with Gasteiger partial charge in [0.05, 0.1) is 12.1 Å². The normalized spacial score (nSPS) is 11.4. The van der Waals surface area contributed by atoms with E-state index in [0.29, 0.717) is 11.5 Å². The van der Waals surface area contributed by atoms with Crippen LogP contribution in [0.4, 0.5) is 38.1 Å². The summed E-state index contributed by atoms with van der Waals surface area (Å²) < 4.78 is 67.1. The summed E-state index contributed by atoms with van der Waals surface area (Å²) in [4.78, 5) is 16.3. The second-order valence-corrected chi connectivity index (χ2v) is 8.91. The van der Waals surface area contributed by atoms with E-state index in [4.69, 9.17) is 17.2 Å². The van der Waals surface area contributed by atoms with E-state index in [0.717, 1.165) is 35.7 Å². The maximum Gasteiger partial charge on any atom is 0.417 e. The number of alkyl halides is 5. The molecule has 0 fully saturated rings. The third-order valence-electron chi connectivity index (χ3n) is 4.06. The van der Waals surface area contributed by atoms with Crippen LogP contribution in [0.5, 0.6) is 0 Å². The van der Waals surface area contributed by atoms with Gasteiger partial charge in [-0.3, -0.25) is 4.99 Å². The van der Waals surface area contributed by atoms with Crippen molar-refractivity contribution in [2.24, 2.45) is 22.2 Å². The van der Waals surface area contributed by atoms with Crippen molar-refractivity contribution < 1.29 is 26.7 Å². The first kappa shape index (κ1) is 27.5. The average molecular weight is 523 g/mol. The average Bonchev–Trinajstić information content (AvgIpc) is 2.75. The summed E-state index contributed by atoms with van der Waals surface area (Å²) in [6, 6.07) is 6.38. The molecule has 0 aliphatic carbocycles. The number of halogens is 5. The Labute approximate surface area is 201 Å². The minimum Gasteiger partial charge on any atom is -0.370 e. The van der Waals surface area contributed by atoms with Gasteiger partial charge in [0.25, 0.3) is 6.43 Å². The van der Waals surface area contributed by atoms with Gasteiger partial charge < -0.3 is 27.8 Å². The van der Waals surface area contributed by atoms with E-state index in [2.05, 4.69) is 15.6 Å². The lowest BCUT2D eigenvalue weighted by atomic mass is 10.2. The van der Waals surface area contributed by atoms with Crippen LogP contribution in [0, 0.1) is 0 Å². The molecule has 14 heteroatoms. The van der Waals surface area contributed by atoms with Gasteiger partial charge in [0.15, 0.2) is 5.96 Å². The second kappa shape index (κ2) is 12.7. The summed E-state index contributed by atoms with van der Waals surface area (Å²) in [5.41, 5.74) is 14.5. The van der Waals surface area contributed by atoms with Gasteiger partial charge in [0.2, 0.25) is 0 Å². The Morgan fingerprint density at radius 3 is 2.12 bits per heavy atom. The molecule has 0 atom stereocenters. The molecular weight excluding hydrogens is 499 g/mol. The standard InChI is InChI=1S/C20H23F5N6OS2/c21-17(22)13-9-11(1-3-15(13)34-8-6-29-18(27)28)30-19(32)31-12-2-4-16(33-7-5-26)14(10-12)20(23,24)25/h1-4,9-10,17H,5-8,26H2,(H4,27,28,29)(H2,30,31,32). The molecule has 0 bridgehead atoms. The summed E-state index contributed by atoms with van der Waals surface area (Å²) in [5, 5.41) is 4.64. The first-order chi connectivity index (χ1) is 16.0. The third kappa shape index (κ3) is 8.57. The van der Waals surface area contributed by atoms with Crippen LogP contribution in [0.3, 0.4) is 0 Å². The monoisotopic (exact) mass is 522 g/mol. The number of hydrogen-bond acceptors (Lipinski definition) is 5. The number of rotatable bonds is 10. The molecule has 2 amide bonds. The molecule has 2 aromatic carbocycles. The molecule has 0 aliphatic heterocycles. The number of urea groups is 1. The summed E-state index contributed by atoms with van der Waals surface area (Å²) >= 11 is 2.07. The zero-order chi connectivity index (χ0) is 25.3. The SMILES string of the molecule is NCCSc1ccc(NC(=O)Nc2ccc(SCCN=C(N)N)c(C(F)F)c2)cc1C(F)(F)F. The number of nitrogens with one attached hydrogen (secondary N) is 2. The number of aliphatic imine (C=N–C) groups is 1. The molecule has 0 saturated heterocycles. The summed E-state index contributed by atoms with van der Waals surface area (Å²) in [6.45, 7) is 0.445. The minimum atomic E-state index is -4.63. The Morgan fingerprint density at radius 2 is 1.56 bits per heavy atom. The number of guanidine groups is 1. The summed E-state index contributed by atoms with van der Waals surface area (Å²) in [5.74, 6) is 0.545. The van der Waals surface area contributed by atoms with Gasteiger partial charge in [-0.25, -0.2) is 13.6 Å². The first-order valence-corrected chi connectivity index (χ1v) is 11.7. The first-order valence-electron chi connectivity index (χ1n) is 9.73. The molecule has 0 spiro atoms. The predicted molar refractivity (Wildman–Crippen MR) is 127 cm³/mol. The lowest BCUT2D eigenvalue weighted by Crippen LogP contribution is -2.23. The van der Waals surface area contributed by atoms with Crippen LogP contribution < -0.4 is 27.8 Å². The van der Waals surface area contributed by atoms with Crippen LogP contribution >= 0.6 is 23.5 Å². The number of thioether (sulfide) groups is 2. The fraction of sp³-hybridized carbons (Fsp3) is 0.300. The van der Waals surface area contributed by atoms with Crippen LogP contribution in [0.15, 0.2) is 51.2 Å². The van der Waals surface area contributed by atoms with Crippen LogP contribution in [0.1, 0.15) is 17.6 Å². The Morgan fingerprint density at radius 1 is 0.971 bits per heavy atom. The lowest BCUT2D eigenvalue weighted by Gasteiger charge is -2.15. The van der Waals surface area contributed by atoms with E-state index in [9.17, 15) is 26.7 Å². The van der Waals surface area contributed by atoms with E-state index >= 15 is 0 Å². The highest BCUT2D eigenvalue weighted by Gasteiger charge is 2.34. The summed E-state index contributed by atoms with van der Waals surface area (Å²) in [7, 11) is 0. The third-order valence-corrected chi connectivity index (χ3v) is 6.24. The van der Waals surface area contributed by atoms with Crippen LogP contribution in [-0.2, 0) is 6.18 Å². The fourth-order valence-corrected chi connectivity index (χ4v) is 4.39. The molecule has 0 unspecified atom stereocenters. The molecule has 2 rings (SSSR count). The molecule has 0 radical (unpaired) electrons. The molecule has 34 heavy (non-hydrogen) atoms. The van der Waals surface area contributed by atoms with Crippen molar-refractivity contribution in [1.29, 1.82) is 0 Å². The van der Waals surface area contributed by atoms with Crippen LogP contribution in [0.2, 0.25) is 0 Å². The number of amides is 2. The van der Waals surface area contributed by atoms with E-state index in [1.54, 1.807) is 0 Å². The Hall–Kier alpha value is -2.71. The Bertz CT molecular complexity index is 1020. The highest BCUT2D eigenvalue weighted by molar-refractivity contribution is 7.99. The van der Waals surface area contributed by atoms with Crippen molar-refractivity contribution in [1.82, 2.24) is 0 Å². The van der Waals surface area contributed by atoms with Crippen LogP contribution in [0.25, 0.3) is 0 Å². The van der Waals surface area contributed by atoms with Gasteiger partial charge in [0.1, 0.15) is 0 Å². The van der Waals surface area contributed by atoms with Crippen molar-refractivity contribution in [3.05, 3.63) is 47.5 Å². The van der Waals surface area contributed by atoms with E-state index in [-0.39, 0.29) is 45.8 Å². The lowest BCUT2D eigenvalue weighted by molar-refractivity contribution is -0.139. The summed E-state index contributed by atoms with van der Waals surface area (Å²) in [6.07, 6.45) is -7.45. The number of hydrogen-bond donors (Lipinski definition) is 5. The number of carbonyl (C=O) groups excluding carboxylic acids is 1. The van der Waals surface area contributed by atoms with E-state index < -0.39 is 24.2 Å². The molecule has 186 valence electrons. The quantitative estimate of drug-likeness (QED) is 0.101. The smallest absolute Gasteiger partial charge is 0.370 e. The van der Waals surface area contributed by atoms with E-state index in [1.165, 1.54) is 24.3 Å². The number of carbonyl (C=O) groups is 1. The largest absolute Gasteiger partial charge is 0.417 e. The number of nitrogens with two attached hydrogens (primary N) is 3. The molecule has 7 nitrogen and oxygen atoms in total. The van der Waals surface area contributed by atoms with Gasteiger partial charge in [0, 0.05) is 44.8 Å². The number of anilines is 2. The topological polar surface area (TPSA) is 132 Å². The number of benzene rings is 2. The maximum atomic E-state index is 13.5. The molecule has 8 N–H and O–H groups in total. The predicted octanol–water partition coefficient (Wildman–Crippen LogP) is 4.70. The zero-order valence-corrected chi connectivity index (χ0v) is 19.3. The van der Waals surface area contributed by atoms with Gasteiger partial charge in [-0.15, -0.1) is 23.5 Å². The molecule has 0 aromatic heterocycles. The highest BCUT2D eigenvalue weighted by atomic mass is 32.2. The van der Waals surface area contributed by atoms with Crippen molar-refractivity contribution in [2.75, 3.05) is 35.2 Å². The maximum absolute atomic E-state index is 13.5. The van der Waals surface area contributed by atoms with Crippen molar-refractivity contribution in [3.63, 3.8) is 0 Å². The molecule has 0 heterocycles. The van der Waals surface area contributed by atoms with Crippen molar-refractivity contribution in [2.45, 2.75) is 22.4 Å². The van der Waals surface area contributed by atoms with Gasteiger partial charge in [-0.2, -0.15) is 13.2 Å². The Balaban J connectivity index is 2.12. The number of nitrogens with zero attached hydrogens (tertiary/aromatic N) is 1. The van der Waals surface area contributed by atoms with E-state index in [1.807, 2.05) is 0 Å². The molecule has 2 aromatic rings. The molecule has 0 saturated carbocycles. The van der Waals surface area contributed by atoms with Gasteiger partial charge in [-0.05, 0) is 36.4 Å². The highest BCUT2D eigenvalue weighted by Crippen LogP contribution is 2.38. The molecule has 0 aliphatic rings. The Kier molecular flexibility index (Phi) is 10.3. The minimum absolute atomic E-state index is 0.0154. The second-order valence-electron chi connectivity index (χ2n) is 6.63. The van der Waals surface area contributed by atoms with Gasteiger partial charge >= 0.3 is 12.2 Å².